The average Bonchev–Trinajstić information content (AvgIpc) is 2.25. The molecule has 1 aliphatic carbocycles. The van der Waals surface area contributed by atoms with E-state index in [4.69, 9.17) is 0 Å². The third kappa shape index (κ3) is 2.02. The highest BCUT2D eigenvalue weighted by Gasteiger charge is 2.31. The quantitative estimate of drug-likeness (QED) is 0.785. The van der Waals surface area contributed by atoms with E-state index in [2.05, 4.69) is 4.74 Å². The van der Waals surface area contributed by atoms with Crippen molar-refractivity contribution in [1.82, 2.24) is 4.57 Å². The lowest BCUT2D eigenvalue weighted by atomic mass is 9.90. The van der Waals surface area contributed by atoms with Crippen molar-refractivity contribution in [3.05, 3.63) is 28.2 Å². The number of rotatable bonds is 2. The van der Waals surface area contributed by atoms with E-state index in [9.17, 15) is 19.1 Å². The number of carbonyl (C=O) groups is 1. The second-order valence-corrected chi connectivity index (χ2v) is 4.03. The third-order valence-corrected chi connectivity index (χ3v) is 2.91. The van der Waals surface area contributed by atoms with Crippen LogP contribution in [0.3, 0.4) is 0 Å². The topological polar surface area (TPSA) is 68.5 Å². The highest BCUT2D eigenvalue weighted by atomic mass is 19.1. The number of esters is 1. The number of carbonyl (C=O) groups excluding carboxylic acids is 1. The predicted molar refractivity (Wildman–Crippen MR) is 56.9 cm³/mol. The second-order valence-electron chi connectivity index (χ2n) is 4.03. The number of pyridine rings is 1. The number of methoxy groups -OCH3 is 1. The van der Waals surface area contributed by atoms with Gasteiger partial charge in [-0.2, -0.15) is 0 Å². The summed E-state index contributed by atoms with van der Waals surface area (Å²) in [7, 11) is 1.18. The molecule has 1 heterocycles. The first kappa shape index (κ1) is 11.6. The van der Waals surface area contributed by atoms with E-state index in [-0.39, 0.29) is 24.4 Å². The molecule has 1 aromatic heterocycles. The van der Waals surface area contributed by atoms with E-state index < -0.39 is 23.4 Å². The fourth-order valence-corrected chi connectivity index (χ4v) is 1.84. The minimum Gasteiger partial charge on any atom is -0.507 e. The van der Waals surface area contributed by atoms with Crippen molar-refractivity contribution >= 4 is 5.97 Å². The number of ether oxygens (including phenoxy) is 1. The number of aromatic nitrogens is 1. The smallest absolute Gasteiger partial charge is 0.343 e. The number of nitrogens with zero attached hydrogens (tertiary/aromatic N) is 1. The van der Waals surface area contributed by atoms with Crippen LogP contribution < -0.4 is 5.56 Å². The van der Waals surface area contributed by atoms with Crippen molar-refractivity contribution in [1.29, 1.82) is 0 Å². The molecule has 0 atom stereocenters. The van der Waals surface area contributed by atoms with Crippen molar-refractivity contribution in [2.24, 2.45) is 0 Å². The predicted octanol–water partition coefficient (Wildman–Crippen LogP) is 1.01. The van der Waals surface area contributed by atoms with Gasteiger partial charge in [0.15, 0.2) is 0 Å². The highest BCUT2D eigenvalue weighted by Crippen LogP contribution is 2.34. The second kappa shape index (κ2) is 4.20. The molecule has 1 aromatic rings. The van der Waals surface area contributed by atoms with Gasteiger partial charge in [-0.15, -0.1) is 0 Å². The molecular formula is C11H12FNO4. The van der Waals surface area contributed by atoms with Gasteiger partial charge >= 0.3 is 5.97 Å². The zero-order valence-electron chi connectivity index (χ0n) is 9.22. The van der Waals surface area contributed by atoms with Gasteiger partial charge < -0.3 is 14.4 Å². The largest absolute Gasteiger partial charge is 0.507 e. The van der Waals surface area contributed by atoms with Crippen molar-refractivity contribution in [2.45, 2.75) is 25.1 Å². The van der Waals surface area contributed by atoms with Gasteiger partial charge in [-0.05, 0) is 12.8 Å². The van der Waals surface area contributed by atoms with Crippen molar-refractivity contribution < 1.29 is 19.0 Å². The summed E-state index contributed by atoms with van der Waals surface area (Å²) in [6, 6.07) is 0.694. The van der Waals surface area contributed by atoms with E-state index in [0.717, 1.165) is 6.07 Å². The number of alkyl halides is 1. The Morgan fingerprint density at radius 2 is 2.24 bits per heavy atom. The Morgan fingerprint density at radius 1 is 1.59 bits per heavy atom. The summed E-state index contributed by atoms with van der Waals surface area (Å²) in [4.78, 5) is 22.9. The summed E-state index contributed by atoms with van der Waals surface area (Å²) >= 11 is 0. The molecular weight excluding hydrogens is 229 g/mol. The van der Waals surface area contributed by atoms with E-state index in [0.29, 0.717) is 0 Å². The fraction of sp³-hybridized carbons (Fsp3) is 0.455. The molecule has 1 aliphatic rings. The average molecular weight is 241 g/mol. The minimum absolute atomic E-state index is 0.0885. The third-order valence-electron chi connectivity index (χ3n) is 2.91. The Morgan fingerprint density at radius 3 is 2.76 bits per heavy atom. The molecule has 0 unspecified atom stereocenters. The Kier molecular flexibility index (Phi) is 2.87. The zero-order valence-corrected chi connectivity index (χ0v) is 9.22. The van der Waals surface area contributed by atoms with Gasteiger partial charge in [0.05, 0.1) is 7.11 Å². The fourth-order valence-electron chi connectivity index (χ4n) is 1.84. The van der Waals surface area contributed by atoms with Gasteiger partial charge in [-0.3, -0.25) is 4.79 Å². The molecule has 0 radical (unpaired) electrons. The van der Waals surface area contributed by atoms with Crippen molar-refractivity contribution in [3.8, 4) is 5.75 Å². The molecule has 92 valence electrons. The summed E-state index contributed by atoms with van der Waals surface area (Å²) in [5, 5.41) is 9.45. The molecule has 0 aliphatic heterocycles. The molecule has 5 nitrogen and oxygen atoms in total. The number of aromatic hydroxyl groups is 1. The Balaban J connectivity index is 2.39. The lowest BCUT2D eigenvalue weighted by Gasteiger charge is -2.31. The lowest BCUT2D eigenvalue weighted by molar-refractivity contribution is 0.0595. The van der Waals surface area contributed by atoms with E-state index in [1.165, 1.54) is 17.9 Å². The minimum atomic E-state index is -0.901. The lowest BCUT2D eigenvalue weighted by Crippen LogP contribution is -2.34. The normalized spacial score (nSPS) is 22.9. The van der Waals surface area contributed by atoms with Crippen LogP contribution in [0.4, 0.5) is 4.39 Å². The van der Waals surface area contributed by atoms with Crippen LogP contribution in [0, 0.1) is 0 Å². The van der Waals surface area contributed by atoms with E-state index in [1.807, 2.05) is 0 Å². The maximum atomic E-state index is 12.7. The van der Waals surface area contributed by atoms with Crippen molar-refractivity contribution in [2.75, 3.05) is 7.11 Å². The first-order valence-electron chi connectivity index (χ1n) is 5.20. The molecule has 1 fully saturated rings. The number of hydrogen-bond donors (Lipinski definition) is 1. The molecule has 17 heavy (non-hydrogen) atoms. The Bertz CT molecular complexity index is 505. The molecule has 2 rings (SSSR count). The maximum Gasteiger partial charge on any atom is 0.343 e. The van der Waals surface area contributed by atoms with Gasteiger partial charge in [0.1, 0.15) is 17.5 Å². The van der Waals surface area contributed by atoms with Gasteiger partial charge in [0.2, 0.25) is 0 Å². The van der Waals surface area contributed by atoms with Gasteiger partial charge in [-0.1, -0.05) is 0 Å². The van der Waals surface area contributed by atoms with Crippen LogP contribution in [0.1, 0.15) is 29.2 Å². The summed E-state index contributed by atoms with van der Waals surface area (Å²) < 4.78 is 18.5. The summed E-state index contributed by atoms with van der Waals surface area (Å²) in [6.45, 7) is 0. The van der Waals surface area contributed by atoms with E-state index in [1.54, 1.807) is 0 Å². The molecule has 6 heteroatoms. The van der Waals surface area contributed by atoms with Gasteiger partial charge in [0, 0.05) is 18.3 Å². The van der Waals surface area contributed by atoms with Crippen LogP contribution >= 0.6 is 0 Å². The first-order valence-corrected chi connectivity index (χ1v) is 5.20. The molecule has 1 saturated carbocycles. The molecule has 0 aromatic carbocycles. The Hall–Kier alpha value is -1.85. The summed E-state index contributed by atoms with van der Waals surface area (Å²) in [6.07, 6.45) is 0.832. The summed E-state index contributed by atoms with van der Waals surface area (Å²) in [5.74, 6) is -1.15. The highest BCUT2D eigenvalue weighted by molar-refractivity contribution is 5.91. The zero-order chi connectivity index (χ0) is 12.6. The molecule has 0 saturated heterocycles. The molecule has 0 spiro atoms. The molecule has 0 bridgehead atoms. The van der Waals surface area contributed by atoms with Crippen molar-refractivity contribution in [3.63, 3.8) is 0 Å². The van der Waals surface area contributed by atoms with E-state index >= 15 is 0 Å². The van der Waals surface area contributed by atoms with Crippen LogP contribution in [0.15, 0.2) is 17.1 Å². The van der Waals surface area contributed by atoms with Crippen LogP contribution in [0.5, 0.6) is 5.75 Å². The van der Waals surface area contributed by atoms with Crippen LogP contribution in [-0.2, 0) is 4.74 Å². The van der Waals surface area contributed by atoms with Crippen LogP contribution in [-0.4, -0.2) is 28.9 Å². The molecule has 0 amide bonds. The Labute approximate surface area is 96.4 Å². The maximum absolute atomic E-state index is 12.7. The number of halogens is 1. The SMILES string of the molecule is COC(=O)c1cn(C2CC(F)C2)c(=O)cc1O. The standard InChI is InChI=1S/C11H12FNO4/c1-17-11(16)8-5-13(7-2-6(12)3-7)10(15)4-9(8)14/h4-7,14H,2-3H2,1H3. The molecule has 1 N–H and O–H groups in total. The van der Waals surface area contributed by atoms with Crippen LogP contribution in [0.25, 0.3) is 0 Å². The first-order chi connectivity index (χ1) is 8.02. The van der Waals surface area contributed by atoms with Gasteiger partial charge in [-0.25, -0.2) is 9.18 Å². The van der Waals surface area contributed by atoms with Gasteiger partial charge in [0.25, 0.3) is 5.56 Å². The summed E-state index contributed by atoms with van der Waals surface area (Å²) in [5.41, 5.74) is -0.540. The number of hydrogen-bond acceptors (Lipinski definition) is 4. The monoisotopic (exact) mass is 241 g/mol. The van der Waals surface area contributed by atoms with Crippen LogP contribution in [0.2, 0.25) is 0 Å².